The van der Waals surface area contributed by atoms with E-state index in [1.165, 1.54) is 24.3 Å². The fourth-order valence-corrected chi connectivity index (χ4v) is 3.35. The molecule has 1 atom stereocenters. The van der Waals surface area contributed by atoms with Crippen molar-refractivity contribution >= 4 is 12.0 Å². The van der Waals surface area contributed by atoms with E-state index in [0.717, 1.165) is 24.1 Å². The van der Waals surface area contributed by atoms with Crippen LogP contribution in [0.4, 0.5) is 13.2 Å². The number of rotatable bonds is 4. The zero-order valence-corrected chi connectivity index (χ0v) is 15.7. The van der Waals surface area contributed by atoms with Gasteiger partial charge in [0, 0.05) is 30.6 Å². The van der Waals surface area contributed by atoms with E-state index < -0.39 is 11.7 Å². The first kappa shape index (κ1) is 19.8. The highest BCUT2D eigenvalue weighted by molar-refractivity contribution is 5.92. The molecule has 1 aliphatic heterocycles. The molecule has 1 aliphatic rings. The number of carbonyl (C=O) groups is 1. The highest BCUT2D eigenvalue weighted by Gasteiger charge is 2.33. The van der Waals surface area contributed by atoms with Crippen LogP contribution in [0.5, 0.6) is 0 Å². The molecular formula is C21H17F3N4O2. The quantitative estimate of drug-likeness (QED) is 0.587. The summed E-state index contributed by atoms with van der Waals surface area (Å²) in [6.07, 6.45) is 2.88. The van der Waals surface area contributed by atoms with Gasteiger partial charge in [-0.25, -0.2) is 0 Å². The summed E-state index contributed by atoms with van der Waals surface area (Å²) < 4.78 is 44.3. The van der Waals surface area contributed by atoms with Crippen molar-refractivity contribution in [3.8, 4) is 11.5 Å². The van der Waals surface area contributed by atoms with E-state index in [1.54, 1.807) is 29.4 Å². The first-order valence-corrected chi connectivity index (χ1v) is 9.31. The molecule has 1 amide bonds. The van der Waals surface area contributed by atoms with E-state index in [4.69, 9.17) is 4.42 Å². The van der Waals surface area contributed by atoms with Crippen LogP contribution in [0.2, 0.25) is 0 Å². The Kier molecular flexibility index (Phi) is 5.35. The molecule has 30 heavy (non-hydrogen) atoms. The number of hydrogen-bond acceptors (Lipinski definition) is 5. The lowest BCUT2D eigenvalue weighted by Gasteiger charge is -2.20. The second-order valence-electron chi connectivity index (χ2n) is 6.83. The van der Waals surface area contributed by atoms with Gasteiger partial charge < -0.3 is 9.32 Å². The number of benzene rings is 1. The highest BCUT2D eigenvalue weighted by atomic mass is 19.4. The van der Waals surface area contributed by atoms with Crippen LogP contribution in [0, 0.1) is 0 Å². The van der Waals surface area contributed by atoms with Gasteiger partial charge in [0.25, 0.3) is 0 Å². The first-order chi connectivity index (χ1) is 14.4. The summed E-state index contributed by atoms with van der Waals surface area (Å²) in [5, 5.41) is 8.13. The average Bonchev–Trinajstić information content (AvgIpc) is 3.42. The number of alkyl halides is 3. The molecule has 6 nitrogen and oxygen atoms in total. The Morgan fingerprint density at radius 1 is 1.17 bits per heavy atom. The Morgan fingerprint density at radius 3 is 2.73 bits per heavy atom. The second kappa shape index (κ2) is 8.10. The fourth-order valence-electron chi connectivity index (χ4n) is 3.35. The summed E-state index contributed by atoms with van der Waals surface area (Å²) >= 11 is 0. The van der Waals surface area contributed by atoms with E-state index in [9.17, 15) is 18.0 Å². The van der Waals surface area contributed by atoms with Crippen molar-refractivity contribution < 1.29 is 22.4 Å². The molecule has 0 bridgehead atoms. The highest BCUT2D eigenvalue weighted by Crippen LogP contribution is 2.33. The summed E-state index contributed by atoms with van der Waals surface area (Å²) in [5.74, 6) is 0.352. The van der Waals surface area contributed by atoms with Crippen LogP contribution in [0.25, 0.3) is 17.5 Å². The van der Waals surface area contributed by atoms with E-state index in [1.807, 2.05) is 0 Å². The van der Waals surface area contributed by atoms with Gasteiger partial charge in [0.1, 0.15) is 6.04 Å². The van der Waals surface area contributed by atoms with Crippen molar-refractivity contribution in [2.24, 2.45) is 0 Å². The van der Waals surface area contributed by atoms with Gasteiger partial charge in [0.2, 0.25) is 17.7 Å². The molecule has 3 aromatic rings. The van der Waals surface area contributed by atoms with Crippen molar-refractivity contribution in [2.45, 2.75) is 25.1 Å². The van der Waals surface area contributed by atoms with E-state index in [0.29, 0.717) is 30.3 Å². The van der Waals surface area contributed by atoms with Gasteiger partial charge in [0.05, 0.1) is 5.56 Å². The smallest absolute Gasteiger partial charge is 0.416 e. The number of likely N-dealkylation sites (tertiary alicyclic amines) is 1. The van der Waals surface area contributed by atoms with Gasteiger partial charge in [-0.05, 0) is 48.7 Å². The normalized spacial score (nSPS) is 17.0. The third kappa shape index (κ3) is 4.24. The summed E-state index contributed by atoms with van der Waals surface area (Å²) in [7, 11) is 0. The van der Waals surface area contributed by atoms with Gasteiger partial charge in [-0.2, -0.15) is 13.2 Å². The Labute approximate surface area is 170 Å². The maximum absolute atomic E-state index is 12.8. The average molecular weight is 414 g/mol. The molecule has 1 unspecified atom stereocenters. The zero-order chi connectivity index (χ0) is 21.1. The molecule has 2 aromatic heterocycles. The largest absolute Gasteiger partial charge is 0.418 e. The lowest BCUT2D eigenvalue weighted by Crippen LogP contribution is -2.29. The standard InChI is InChI=1S/C21H17F3N4O2/c22-21(23,24)16-4-1-3-14(13-16)6-7-18(29)28-12-2-5-17(28)20-27-26-19(30-20)15-8-10-25-11-9-15/h1,3-4,6-11,13,17H,2,5,12H2. The minimum Gasteiger partial charge on any atom is -0.418 e. The maximum Gasteiger partial charge on any atom is 0.416 e. The van der Waals surface area contributed by atoms with Crippen LogP contribution >= 0.6 is 0 Å². The predicted octanol–water partition coefficient (Wildman–Crippen LogP) is 4.53. The zero-order valence-electron chi connectivity index (χ0n) is 15.7. The lowest BCUT2D eigenvalue weighted by atomic mass is 10.1. The monoisotopic (exact) mass is 414 g/mol. The Morgan fingerprint density at radius 2 is 1.97 bits per heavy atom. The predicted molar refractivity (Wildman–Crippen MR) is 102 cm³/mol. The molecule has 9 heteroatoms. The molecule has 154 valence electrons. The SMILES string of the molecule is O=C(C=Cc1cccc(C(F)(F)F)c1)N1CCCC1c1nnc(-c2ccncc2)o1. The molecule has 0 aliphatic carbocycles. The second-order valence-corrected chi connectivity index (χ2v) is 6.83. The Hall–Kier alpha value is -3.49. The Balaban J connectivity index is 1.49. The van der Waals surface area contributed by atoms with Gasteiger partial charge in [-0.3, -0.25) is 9.78 Å². The number of amides is 1. The van der Waals surface area contributed by atoms with Crippen LogP contribution in [0.1, 0.15) is 35.9 Å². The summed E-state index contributed by atoms with van der Waals surface area (Å²) in [5.41, 5.74) is 0.265. The van der Waals surface area contributed by atoms with E-state index in [2.05, 4.69) is 15.2 Å². The number of hydrogen-bond donors (Lipinski definition) is 0. The number of carbonyl (C=O) groups excluding carboxylic acids is 1. The number of aromatic nitrogens is 3. The molecule has 0 radical (unpaired) electrons. The van der Waals surface area contributed by atoms with Crippen LogP contribution in [-0.2, 0) is 11.0 Å². The fraction of sp³-hybridized carbons (Fsp3) is 0.238. The van der Waals surface area contributed by atoms with Crippen molar-refractivity contribution in [2.75, 3.05) is 6.54 Å². The topological polar surface area (TPSA) is 72.1 Å². The molecule has 0 spiro atoms. The molecule has 3 heterocycles. The number of nitrogens with zero attached hydrogens (tertiary/aromatic N) is 4. The maximum atomic E-state index is 12.8. The van der Waals surface area contributed by atoms with Crippen LogP contribution < -0.4 is 0 Å². The molecule has 4 rings (SSSR count). The number of halogens is 3. The molecular weight excluding hydrogens is 397 g/mol. The van der Waals surface area contributed by atoms with Crippen molar-refractivity contribution in [1.82, 2.24) is 20.1 Å². The molecule has 1 saturated heterocycles. The molecule has 0 N–H and O–H groups in total. The van der Waals surface area contributed by atoms with E-state index >= 15 is 0 Å². The van der Waals surface area contributed by atoms with Crippen LogP contribution in [0.3, 0.4) is 0 Å². The van der Waals surface area contributed by atoms with Crippen molar-refractivity contribution in [3.63, 3.8) is 0 Å². The molecule has 1 aromatic carbocycles. The summed E-state index contributed by atoms with van der Waals surface area (Å²) in [6, 6.07) is 7.94. The molecule has 0 saturated carbocycles. The van der Waals surface area contributed by atoms with Gasteiger partial charge >= 0.3 is 6.18 Å². The van der Waals surface area contributed by atoms with Gasteiger partial charge in [0.15, 0.2) is 0 Å². The minimum absolute atomic E-state index is 0.298. The first-order valence-electron chi connectivity index (χ1n) is 9.31. The van der Waals surface area contributed by atoms with Crippen molar-refractivity contribution in [3.05, 3.63) is 71.9 Å². The summed E-state index contributed by atoms with van der Waals surface area (Å²) in [4.78, 5) is 18.2. The van der Waals surface area contributed by atoms with Crippen LogP contribution in [0.15, 0.2) is 59.3 Å². The third-order valence-corrected chi connectivity index (χ3v) is 4.82. The van der Waals surface area contributed by atoms with Gasteiger partial charge in [-0.1, -0.05) is 12.1 Å². The van der Waals surface area contributed by atoms with Gasteiger partial charge in [-0.15, -0.1) is 10.2 Å². The minimum atomic E-state index is -4.43. The summed E-state index contributed by atoms with van der Waals surface area (Å²) in [6.45, 7) is 0.503. The number of pyridine rings is 1. The Bertz CT molecular complexity index is 1060. The lowest BCUT2D eigenvalue weighted by molar-refractivity contribution is -0.137. The van der Waals surface area contributed by atoms with E-state index in [-0.39, 0.29) is 11.9 Å². The van der Waals surface area contributed by atoms with Crippen molar-refractivity contribution in [1.29, 1.82) is 0 Å². The molecule has 1 fully saturated rings. The third-order valence-electron chi connectivity index (χ3n) is 4.82. The van der Waals surface area contributed by atoms with Crippen LogP contribution in [-0.4, -0.2) is 32.5 Å².